The van der Waals surface area contributed by atoms with Gasteiger partial charge in [-0.05, 0) is 37.8 Å². The maximum absolute atomic E-state index is 11.9. The molecule has 3 rings (SSSR count). The summed E-state index contributed by atoms with van der Waals surface area (Å²) in [5.74, 6) is 0.458. The van der Waals surface area contributed by atoms with E-state index < -0.39 is 0 Å². The van der Waals surface area contributed by atoms with Gasteiger partial charge in [-0.25, -0.2) is 4.98 Å². The predicted molar refractivity (Wildman–Crippen MR) is 85.3 cm³/mol. The lowest BCUT2D eigenvalue weighted by Crippen LogP contribution is -2.14. The topological polar surface area (TPSA) is 42.0 Å². The van der Waals surface area contributed by atoms with Gasteiger partial charge in [-0.2, -0.15) is 0 Å². The molecule has 1 aliphatic rings. The number of aromatic nitrogens is 1. The number of hydrogen-bond donors (Lipinski definition) is 1. The highest BCUT2D eigenvalue weighted by Crippen LogP contribution is 2.30. The molecule has 1 aliphatic carbocycles. The van der Waals surface area contributed by atoms with E-state index in [4.69, 9.17) is 0 Å². The molecule has 20 heavy (non-hydrogen) atoms. The smallest absolute Gasteiger partial charge is 0.226 e. The van der Waals surface area contributed by atoms with Gasteiger partial charge in [0.1, 0.15) is 0 Å². The van der Waals surface area contributed by atoms with E-state index in [9.17, 15) is 4.79 Å². The first-order chi connectivity index (χ1) is 9.70. The number of nitrogens with one attached hydrogen (secondary N) is 1. The van der Waals surface area contributed by atoms with Crippen molar-refractivity contribution in [3.8, 4) is 10.6 Å². The van der Waals surface area contributed by atoms with E-state index >= 15 is 0 Å². The number of allylic oxidation sites excluding steroid dienone is 2. The molecule has 104 valence electrons. The number of thiazole rings is 1. The van der Waals surface area contributed by atoms with E-state index in [2.05, 4.69) is 41.5 Å². The fourth-order valence-electron chi connectivity index (χ4n) is 2.29. The average molecular weight is 304 g/mol. The molecule has 0 fully saturated rings. The van der Waals surface area contributed by atoms with Crippen LogP contribution in [0.5, 0.6) is 0 Å². The molecule has 0 aromatic carbocycles. The van der Waals surface area contributed by atoms with Crippen LogP contribution in [0.4, 0.5) is 5.13 Å². The summed E-state index contributed by atoms with van der Waals surface area (Å²) in [5, 5.41) is 5.59. The summed E-state index contributed by atoms with van der Waals surface area (Å²) in [7, 11) is 0. The first-order valence-electron chi connectivity index (χ1n) is 6.69. The van der Waals surface area contributed by atoms with Crippen LogP contribution in [-0.2, 0) is 4.79 Å². The Labute approximate surface area is 126 Å². The molecule has 0 spiro atoms. The minimum Gasteiger partial charge on any atom is -0.302 e. The Bertz CT molecular complexity index is 642. The van der Waals surface area contributed by atoms with Crippen molar-refractivity contribution in [3.63, 3.8) is 0 Å². The second-order valence-corrected chi connectivity index (χ2v) is 7.11. The summed E-state index contributed by atoms with van der Waals surface area (Å²) < 4.78 is 0. The molecule has 1 unspecified atom stereocenters. The number of aryl methyl sites for hydroxylation is 1. The molecular formula is C15H16N2OS2. The third-order valence-electron chi connectivity index (χ3n) is 3.30. The number of rotatable bonds is 4. The fourth-order valence-corrected chi connectivity index (χ4v) is 3.92. The van der Waals surface area contributed by atoms with Crippen LogP contribution < -0.4 is 5.32 Å². The van der Waals surface area contributed by atoms with Gasteiger partial charge in [0.15, 0.2) is 5.13 Å². The van der Waals surface area contributed by atoms with Crippen LogP contribution in [0.3, 0.4) is 0 Å². The van der Waals surface area contributed by atoms with Crippen molar-refractivity contribution in [2.45, 2.75) is 26.2 Å². The van der Waals surface area contributed by atoms with Crippen molar-refractivity contribution in [2.24, 2.45) is 5.92 Å². The quantitative estimate of drug-likeness (QED) is 0.846. The minimum atomic E-state index is 0.0600. The summed E-state index contributed by atoms with van der Waals surface area (Å²) in [5.41, 5.74) is 0.948. The molecule has 0 saturated heterocycles. The van der Waals surface area contributed by atoms with Crippen LogP contribution in [0, 0.1) is 12.8 Å². The zero-order valence-electron chi connectivity index (χ0n) is 11.3. The largest absolute Gasteiger partial charge is 0.302 e. The lowest BCUT2D eigenvalue weighted by Gasteiger charge is -2.06. The zero-order valence-corrected chi connectivity index (χ0v) is 12.9. The second-order valence-electron chi connectivity index (χ2n) is 4.97. The molecule has 1 atom stereocenters. The van der Waals surface area contributed by atoms with Crippen molar-refractivity contribution in [3.05, 3.63) is 34.5 Å². The number of amides is 1. The first kappa shape index (κ1) is 13.5. The average Bonchev–Trinajstić information content (AvgIpc) is 3.10. The van der Waals surface area contributed by atoms with Crippen LogP contribution in [0.1, 0.15) is 24.1 Å². The number of anilines is 1. The maximum Gasteiger partial charge on any atom is 0.226 e. The first-order valence-corrected chi connectivity index (χ1v) is 8.39. The van der Waals surface area contributed by atoms with Crippen LogP contribution >= 0.6 is 22.7 Å². The standard InChI is InChI=1S/C15H16N2OS2/c1-10-6-7-13(20-10)12-9-19-15(16-12)17-14(18)8-11-4-2-3-5-11/h2,4,6-7,9,11H,3,5,8H2,1H3,(H,16,17,18). The van der Waals surface area contributed by atoms with E-state index in [0.717, 1.165) is 23.4 Å². The van der Waals surface area contributed by atoms with Crippen LogP contribution in [0.15, 0.2) is 29.7 Å². The molecule has 5 heteroatoms. The Morgan fingerprint density at radius 2 is 2.40 bits per heavy atom. The third kappa shape index (κ3) is 3.16. The van der Waals surface area contributed by atoms with Gasteiger partial charge >= 0.3 is 0 Å². The summed E-state index contributed by atoms with van der Waals surface area (Å²) in [6.45, 7) is 2.08. The van der Waals surface area contributed by atoms with E-state index in [1.807, 2.05) is 5.38 Å². The highest BCUT2D eigenvalue weighted by Gasteiger charge is 2.15. The Morgan fingerprint density at radius 3 is 3.10 bits per heavy atom. The number of carbonyl (C=O) groups is 1. The highest BCUT2D eigenvalue weighted by atomic mass is 32.1. The SMILES string of the molecule is Cc1ccc(-c2csc(NC(=O)CC3C=CCC3)n2)s1. The Balaban J connectivity index is 1.62. The van der Waals surface area contributed by atoms with E-state index in [-0.39, 0.29) is 5.91 Å². The van der Waals surface area contributed by atoms with Gasteiger partial charge in [0.05, 0.1) is 10.6 Å². The van der Waals surface area contributed by atoms with E-state index in [1.54, 1.807) is 11.3 Å². The highest BCUT2D eigenvalue weighted by molar-refractivity contribution is 7.17. The predicted octanol–water partition coefficient (Wildman–Crippen LogP) is 4.47. The third-order valence-corrected chi connectivity index (χ3v) is 5.08. The number of hydrogen-bond acceptors (Lipinski definition) is 4. The monoisotopic (exact) mass is 304 g/mol. The Kier molecular flexibility index (Phi) is 3.98. The van der Waals surface area contributed by atoms with Gasteiger partial charge in [-0.1, -0.05) is 12.2 Å². The Morgan fingerprint density at radius 1 is 1.50 bits per heavy atom. The molecule has 1 amide bonds. The van der Waals surface area contributed by atoms with Crippen LogP contribution in [0.2, 0.25) is 0 Å². The summed E-state index contributed by atoms with van der Waals surface area (Å²) >= 11 is 3.21. The molecule has 0 bridgehead atoms. The van der Waals surface area contributed by atoms with Crippen molar-refractivity contribution < 1.29 is 4.79 Å². The maximum atomic E-state index is 11.9. The molecular weight excluding hydrogens is 288 g/mol. The number of carbonyl (C=O) groups excluding carboxylic acids is 1. The number of nitrogens with zero attached hydrogens (tertiary/aromatic N) is 1. The minimum absolute atomic E-state index is 0.0600. The normalized spacial score (nSPS) is 17.6. The van der Waals surface area contributed by atoms with Gasteiger partial charge in [0, 0.05) is 16.7 Å². The van der Waals surface area contributed by atoms with Gasteiger partial charge in [0.2, 0.25) is 5.91 Å². The summed E-state index contributed by atoms with van der Waals surface area (Å²) in [6.07, 6.45) is 7.03. The number of thiophene rings is 1. The molecule has 2 aromatic rings. The molecule has 0 radical (unpaired) electrons. The molecule has 1 N–H and O–H groups in total. The van der Waals surface area contributed by atoms with Crippen LogP contribution in [0.25, 0.3) is 10.6 Å². The molecule has 2 aromatic heterocycles. The lowest BCUT2D eigenvalue weighted by atomic mass is 10.1. The van der Waals surface area contributed by atoms with Gasteiger partial charge in [0.25, 0.3) is 0 Å². The van der Waals surface area contributed by atoms with Crippen molar-refractivity contribution in [1.29, 1.82) is 0 Å². The molecule has 0 aliphatic heterocycles. The lowest BCUT2D eigenvalue weighted by molar-refractivity contribution is -0.116. The molecule has 3 nitrogen and oxygen atoms in total. The molecule has 0 saturated carbocycles. The van der Waals surface area contributed by atoms with Crippen molar-refractivity contribution >= 4 is 33.7 Å². The van der Waals surface area contributed by atoms with Crippen LogP contribution in [-0.4, -0.2) is 10.9 Å². The summed E-state index contributed by atoms with van der Waals surface area (Å²) in [6, 6.07) is 4.16. The van der Waals surface area contributed by atoms with E-state index in [0.29, 0.717) is 17.5 Å². The second kappa shape index (κ2) is 5.89. The van der Waals surface area contributed by atoms with Crippen molar-refractivity contribution in [2.75, 3.05) is 5.32 Å². The van der Waals surface area contributed by atoms with E-state index in [1.165, 1.54) is 16.2 Å². The summed E-state index contributed by atoms with van der Waals surface area (Å²) in [4.78, 5) is 18.9. The zero-order chi connectivity index (χ0) is 13.9. The van der Waals surface area contributed by atoms with Gasteiger partial charge in [-0.15, -0.1) is 22.7 Å². The molecule has 2 heterocycles. The van der Waals surface area contributed by atoms with Gasteiger partial charge < -0.3 is 5.32 Å². The van der Waals surface area contributed by atoms with Gasteiger partial charge in [-0.3, -0.25) is 4.79 Å². The fraction of sp³-hybridized carbons (Fsp3) is 0.333. The Hall–Kier alpha value is -1.46. The van der Waals surface area contributed by atoms with Crippen molar-refractivity contribution in [1.82, 2.24) is 4.98 Å².